The second kappa shape index (κ2) is 10.2. The van der Waals surface area contributed by atoms with Crippen molar-refractivity contribution >= 4 is 39.2 Å². The summed E-state index contributed by atoms with van der Waals surface area (Å²) >= 11 is 3.15. The topological polar surface area (TPSA) is 78.1 Å². The number of amides is 1. The molecule has 29 heavy (non-hydrogen) atoms. The molecule has 0 fully saturated rings. The van der Waals surface area contributed by atoms with Crippen LogP contribution in [0.25, 0.3) is 10.2 Å². The number of aromatic nitrogens is 2. The standard InChI is InChI=1S/C22H33N3O2S2/c1-4-5-6-7-8-9-10-11-18-24-20(28-14-17(23)26)19-15-12-22(2,3)27-13-16(15)29-21(19)25-18/h4-14H2,1-3H3,(H2,23,26). The summed E-state index contributed by atoms with van der Waals surface area (Å²) < 4.78 is 5.99. The summed E-state index contributed by atoms with van der Waals surface area (Å²) in [5, 5.41) is 2.01. The van der Waals surface area contributed by atoms with E-state index in [1.54, 1.807) is 11.3 Å². The van der Waals surface area contributed by atoms with E-state index in [4.69, 9.17) is 20.4 Å². The fourth-order valence-electron chi connectivity index (χ4n) is 3.75. The van der Waals surface area contributed by atoms with Gasteiger partial charge in [-0.3, -0.25) is 4.79 Å². The van der Waals surface area contributed by atoms with Crippen LogP contribution in [0.15, 0.2) is 5.03 Å². The first-order valence-corrected chi connectivity index (χ1v) is 12.6. The van der Waals surface area contributed by atoms with E-state index in [9.17, 15) is 4.79 Å². The highest BCUT2D eigenvalue weighted by Crippen LogP contribution is 2.41. The van der Waals surface area contributed by atoms with E-state index < -0.39 is 0 Å². The smallest absolute Gasteiger partial charge is 0.227 e. The maximum absolute atomic E-state index is 11.4. The molecule has 3 heterocycles. The maximum Gasteiger partial charge on any atom is 0.227 e. The molecule has 2 aromatic rings. The van der Waals surface area contributed by atoms with Gasteiger partial charge in [-0.1, -0.05) is 57.2 Å². The predicted molar refractivity (Wildman–Crippen MR) is 122 cm³/mol. The van der Waals surface area contributed by atoms with Crippen LogP contribution in [0.4, 0.5) is 0 Å². The van der Waals surface area contributed by atoms with Crippen molar-refractivity contribution in [2.75, 3.05) is 5.75 Å². The summed E-state index contributed by atoms with van der Waals surface area (Å²) in [6.45, 7) is 7.10. The summed E-state index contributed by atoms with van der Waals surface area (Å²) in [7, 11) is 0. The van der Waals surface area contributed by atoms with Crippen molar-refractivity contribution in [1.29, 1.82) is 0 Å². The zero-order chi connectivity index (χ0) is 20.9. The number of nitrogens with zero attached hydrogens (tertiary/aromatic N) is 2. The summed E-state index contributed by atoms with van der Waals surface area (Å²) in [5.41, 5.74) is 6.50. The third-order valence-corrected chi connectivity index (χ3v) is 7.40. The molecule has 2 N–H and O–H groups in total. The highest BCUT2D eigenvalue weighted by atomic mass is 32.2. The molecule has 0 aromatic carbocycles. The lowest BCUT2D eigenvalue weighted by Gasteiger charge is -2.30. The van der Waals surface area contributed by atoms with Crippen molar-refractivity contribution in [3.05, 3.63) is 16.3 Å². The van der Waals surface area contributed by atoms with Gasteiger partial charge in [0, 0.05) is 23.1 Å². The Kier molecular flexibility index (Phi) is 7.93. The number of carbonyl (C=O) groups is 1. The second-order valence-corrected chi connectivity index (χ2v) is 10.5. The number of rotatable bonds is 11. The first-order valence-electron chi connectivity index (χ1n) is 10.8. The van der Waals surface area contributed by atoms with E-state index >= 15 is 0 Å². The van der Waals surface area contributed by atoms with E-state index in [2.05, 4.69) is 20.8 Å². The Labute approximate surface area is 182 Å². The van der Waals surface area contributed by atoms with Crippen LogP contribution in [-0.2, 0) is 29.0 Å². The number of carbonyl (C=O) groups excluding carboxylic acids is 1. The van der Waals surface area contributed by atoms with E-state index in [1.165, 1.54) is 60.7 Å². The summed E-state index contributed by atoms with van der Waals surface area (Å²) in [4.78, 5) is 23.4. The molecule has 2 aromatic heterocycles. The molecular weight excluding hydrogens is 402 g/mol. The van der Waals surface area contributed by atoms with E-state index in [0.717, 1.165) is 40.3 Å². The molecule has 0 spiro atoms. The van der Waals surface area contributed by atoms with Gasteiger partial charge in [0.2, 0.25) is 5.91 Å². The third-order valence-electron chi connectivity index (χ3n) is 5.30. The maximum atomic E-state index is 11.4. The molecule has 1 amide bonds. The van der Waals surface area contributed by atoms with Gasteiger partial charge in [-0.25, -0.2) is 9.97 Å². The molecule has 0 unspecified atom stereocenters. The van der Waals surface area contributed by atoms with Crippen molar-refractivity contribution in [1.82, 2.24) is 9.97 Å². The van der Waals surface area contributed by atoms with E-state index in [1.807, 2.05) is 0 Å². The van der Waals surface area contributed by atoms with Crippen molar-refractivity contribution in [3.8, 4) is 0 Å². The van der Waals surface area contributed by atoms with Crippen LogP contribution in [0.2, 0.25) is 0 Å². The molecule has 160 valence electrons. The van der Waals surface area contributed by atoms with E-state index in [0.29, 0.717) is 6.61 Å². The zero-order valence-corrected chi connectivity index (χ0v) is 19.5. The highest BCUT2D eigenvalue weighted by molar-refractivity contribution is 8.00. The van der Waals surface area contributed by atoms with E-state index in [-0.39, 0.29) is 17.3 Å². The number of hydrogen-bond acceptors (Lipinski definition) is 6. The number of hydrogen-bond donors (Lipinski definition) is 1. The quantitative estimate of drug-likeness (QED) is 0.290. The van der Waals surface area contributed by atoms with Gasteiger partial charge in [0.15, 0.2) is 0 Å². The molecule has 5 nitrogen and oxygen atoms in total. The Morgan fingerprint density at radius 3 is 2.62 bits per heavy atom. The Hall–Kier alpha value is -1.18. The Balaban J connectivity index is 1.77. The van der Waals surface area contributed by atoms with Gasteiger partial charge >= 0.3 is 0 Å². The first-order chi connectivity index (χ1) is 13.9. The second-order valence-electron chi connectivity index (χ2n) is 8.48. The number of aryl methyl sites for hydroxylation is 1. The largest absolute Gasteiger partial charge is 0.370 e. The van der Waals surface area contributed by atoms with Gasteiger partial charge in [0.1, 0.15) is 15.7 Å². The molecule has 7 heteroatoms. The highest BCUT2D eigenvalue weighted by Gasteiger charge is 2.31. The minimum Gasteiger partial charge on any atom is -0.370 e. The Morgan fingerprint density at radius 1 is 1.17 bits per heavy atom. The lowest BCUT2D eigenvalue weighted by Crippen LogP contribution is -2.31. The molecule has 0 bridgehead atoms. The van der Waals surface area contributed by atoms with Crippen molar-refractivity contribution < 1.29 is 9.53 Å². The number of ether oxygens (including phenoxy) is 1. The van der Waals surface area contributed by atoms with Gasteiger partial charge in [0.25, 0.3) is 0 Å². The molecule has 0 saturated carbocycles. The average Bonchev–Trinajstić information content (AvgIpc) is 3.02. The minimum absolute atomic E-state index is 0.191. The number of fused-ring (bicyclic) bond motifs is 3. The Bertz CT molecular complexity index is 848. The first kappa shape index (κ1) is 22.5. The molecule has 0 aliphatic carbocycles. The molecular formula is C22H33N3O2S2. The van der Waals surface area contributed by atoms with Gasteiger partial charge < -0.3 is 10.5 Å². The van der Waals surface area contributed by atoms with Gasteiger partial charge in [-0.2, -0.15) is 0 Å². The lowest BCUT2D eigenvalue weighted by molar-refractivity contribution is -0.115. The van der Waals surface area contributed by atoms with Gasteiger partial charge in [-0.15, -0.1) is 11.3 Å². The number of thiophene rings is 1. The molecule has 3 rings (SSSR count). The average molecular weight is 436 g/mol. The van der Waals surface area contributed by atoms with Crippen LogP contribution in [0.1, 0.15) is 82.0 Å². The zero-order valence-electron chi connectivity index (χ0n) is 17.9. The lowest BCUT2D eigenvalue weighted by atomic mass is 9.94. The van der Waals surface area contributed by atoms with Gasteiger partial charge in [-0.05, 0) is 25.8 Å². The molecule has 1 aliphatic rings. The third kappa shape index (κ3) is 6.15. The normalized spacial score (nSPS) is 15.6. The van der Waals surface area contributed by atoms with Crippen molar-refractivity contribution in [2.24, 2.45) is 5.73 Å². The fourth-order valence-corrected chi connectivity index (χ4v) is 5.75. The fraction of sp³-hybridized carbons (Fsp3) is 0.682. The number of nitrogens with two attached hydrogens (primary N) is 1. The summed E-state index contributed by atoms with van der Waals surface area (Å²) in [5.74, 6) is 0.813. The van der Waals surface area contributed by atoms with Gasteiger partial charge in [0.05, 0.1) is 18.0 Å². The van der Waals surface area contributed by atoms with Crippen LogP contribution < -0.4 is 5.73 Å². The van der Waals surface area contributed by atoms with Crippen LogP contribution >= 0.6 is 23.1 Å². The summed E-state index contributed by atoms with van der Waals surface area (Å²) in [6, 6.07) is 0. The summed E-state index contributed by atoms with van der Waals surface area (Å²) in [6.07, 6.45) is 10.6. The van der Waals surface area contributed by atoms with Crippen LogP contribution in [0.5, 0.6) is 0 Å². The SMILES string of the molecule is CCCCCCCCCc1nc(SCC(N)=O)c2c3c(sc2n1)COC(C)(C)C3. The van der Waals surface area contributed by atoms with Crippen molar-refractivity contribution in [3.63, 3.8) is 0 Å². The van der Waals surface area contributed by atoms with Crippen LogP contribution in [0, 0.1) is 0 Å². The van der Waals surface area contributed by atoms with Crippen LogP contribution in [0.3, 0.4) is 0 Å². The Morgan fingerprint density at radius 2 is 1.90 bits per heavy atom. The molecule has 0 atom stereocenters. The van der Waals surface area contributed by atoms with Crippen molar-refractivity contribution in [2.45, 2.75) is 95.8 Å². The molecule has 1 aliphatic heterocycles. The predicted octanol–water partition coefficient (Wildman–Crippen LogP) is 5.41. The van der Waals surface area contributed by atoms with Crippen LogP contribution in [-0.4, -0.2) is 27.2 Å². The number of thioether (sulfide) groups is 1. The number of primary amides is 1. The monoisotopic (exact) mass is 435 g/mol. The molecule has 0 radical (unpaired) electrons. The number of unbranched alkanes of at least 4 members (excludes halogenated alkanes) is 6. The molecule has 0 saturated heterocycles. The minimum atomic E-state index is -0.317.